The van der Waals surface area contributed by atoms with E-state index in [0.717, 1.165) is 37.2 Å². The Morgan fingerprint density at radius 2 is 2.16 bits per heavy atom. The number of amides is 1. The van der Waals surface area contributed by atoms with Crippen LogP contribution < -0.4 is 5.32 Å². The van der Waals surface area contributed by atoms with E-state index in [2.05, 4.69) is 21.6 Å². The number of aromatic nitrogens is 2. The lowest BCUT2D eigenvalue weighted by molar-refractivity contribution is -0.136. The Morgan fingerprint density at radius 1 is 1.37 bits per heavy atom. The van der Waals surface area contributed by atoms with E-state index < -0.39 is 12.1 Å². The van der Waals surface area contributed by atoms with E-state index >= 15 is 0 Å². The summed E-state index contributed by atoms with van der Waals surface area (Å²) in [5, 5.41) is 11.2. The molecule has 106 valence electrons. The maximum atomic E-state index is 11.4. The average Bonchev–Trinajstić information content (AvgIpc) is 2.75. The Kier molecular flexibility index (Phi) is 6.80. The topological polar surface area (TPSA) is 101 Å². The SMILES string of the molecule is CCCCCCOC(=O)Nc1nc(CC(=O)O)ns1. The van der Waals surface area contributed by atoms with Gasteiger partial charge in [-0.05, 0) is 6.42 Å². The summed E-state index contributed by atoms with van der Waals surface area (Å²) in [5.74, 6) is -0.835. The molecule has 1 heterocycles. The summed E-state index contributed by atoms with van der Waals surface area (Å²) in [4.78, 5) is 25.7. The number of carboxylic acids is 1. The van der Waals surface area contributed by atoms with Crippen molar-refractivity contribution in [3.63, 3.8) is 0 Å². The fourth-order valence-electron chi connectivity index (χ4n) is 1.33. The second kappa shape index (κ2) is 8.41. The Balaban J connectivity index is 2.24. The van der Waals surface area contributed by atoms with Gasteiger partial charge >= 0.3 is 12.1 Å². The van der Waals surface area contributed by atoms with Gasteiger partial charge in [0.25, 0.3) is 0 Å². The highest BCUT2D eigenvalue weighted by Crippen LogP contribution is 2.11. The molecule has 1 amide bonds. The third-order valence-corrected chi connectivity index (χ3v) is 2.89. The van der Waals surface area contributed by atoms with E-state index in [4.69, 9.17) is 9.84 Å². The van der Waals surface area contributed by atoms with Crippen LogP contribution in [0.5, 0.6) is 0 Å². The lowest BCUT2D eigenvalue weighted by Gasteiger charge is -2.03. The van der Waals surface area contributed by atoms with Crippen LogP contribution in [-0.2, 0) is 16.0 Å². The zero-order chi connectivity index (χ0) is 14.1. The highest BCUT2D eigenvalue weighted by molar-refractivity contribution is 7.09. The van der Waals surface area contributed by atoms with Gasteiger partial charge in [-0.1, -0.05) is 26.2 Å². The monoisotopic (exact) mass is 287 g/mol. The third-order valence-electron chi connectivity index (χ3n) is 2.22. The van der Waals surface area contributed by atoms with E-state index in [9.17, 15) is 9.59 Å². The highest BCUT2D eigenvalue weighted by atomic mass is 32.1. The van der Waals surface area contributed by atoms with Gasteiger partial charge in [0.15, 0.2) is 5.82 Å². The first kappa shape index (κ1) is 15.4. The van der Waals surface area contributed by atoms with Gasteiger partial charge in [0.2, 0.25) is 5.13 Å². The largest absolute Gasteiger partial charge is 0.481 e. The number of carbonyl (C=O) groups is 2. The Labute approximate surface area is 115 Å². The average molecular weight is 287 g/mol. The number of unbranched alkanes of at least 4 members (excludes halogenated alkanes) is 3. The Bertz CT molecular complexity index is 422. The summed E-state index contributed by atoms with van der Waals surface area (Å²) in [6, 6.07) is 0. The molecular weight excluding hydrogens is 270 g/mol. The normalized spacial score (nSPS) is 10.2. The molecule has 0 fully saturated rings. The van der Waals surface area contributed by atoms with Crippen LogP contribution in [0, 0.1) is 0 Å². The van der Waals surface area contributed by atoms with Gasteiger partial charge in [-0.25, -0.2) is 9.78 Å². The predicted molar refractivity (Wildman–Crippen MR) is 70.4 cm³/mol. The molecule has 0 saturated carbocycles. The van der Waals surface area contributed by atoms with Gasteiger partial charge in [0.05, 0.1) is 6.61 Å². The number of carbonyl (C=O) groups excluding carboxylic acids is 1. The van der Waals surface area contributed by atoms with Crippen molar-refractivity contribution in [2.45, 2.75) is 39.0 Å². The molecule has 0 unspecified atom stereocenters. The number of hydrogen-bond acceptors (Lipinski definition) is 6. The molecule has 1 aromatic heterocycles. The van der Waals surface area contributed by atoms with Gasteiger partial charge in [-0.15, -0.1) is 0 Å². The Morgan fingerprint density at radius 3 is 2.84 bits per heavy atom. The molecule has 1 aromatic rings. The summed E-state index contributed by atoms with van der Waals surface area (Å²) < 4.78 is 8.77. The van der Waals surface area contributed by atoms with Crippen LogP contribution in [0.15, 0.2) is 0 Å². The minimum absolute atomic E-state index is 0.177. The van der Waals surface area contributed by atoms with Crippen molar-refractivity contribution in [2.24, 2.45) is 0 Å². The molecule has 0 saturated heterocycles. The molecule has 1 rings (SSSR count). The minimum Gasteiger partial charge on any atom is -0.481 e. The number of nitrogens with one attached hydrogen (secondary N) is 1. The van der Waals surface area contributed by atoms with Crippen molar-refractivity contribution in [1.29, 1.82) is 0 Å². The fourth-order valence-corrected chi connectivity index (χ4v) is 1.90. The molecule has 2 N–H and O–H groups in total. The van der Waals surface area contributed by atoms with Crippen molar-refractivity contribution in [3.8, 4) is 0 Å². The van der Waals surface area contributed by atoms with Crippen molar-refractivity contribution < 1.29 is 19.4 Å². The summed E-state index contributed by atoms with van der Waals surface area (Å²) in [6.07, 6.45) is 3.27. The second-order valence-corrected chi connectivity index (χ2v) is 4.66. The van der Waals surface area contributed by atoms with E-state index in [1.165, 1.54) is 0 Å². The number of rotatable bonds is 8. The zero-order valence-corrected chi connectivity index (χ0v) is 11.5. The summed E-state index contributed by atoms with van der Waals surface area (Å²) in [6.45, 7) is 2.48. The van der Waals surface area contributed by atoms with E-state index in [1.807, 2.05) is 0 Å². The van der Waals surface area contributed by atoms with Crippen LogP contribution in [-0.4, -0.2) is 33.1 Å². The molecule has 7 nitrogen and oxygen atoms in total. The molecule has 0 aromatic carbocycles. The van der Waals surface area contributed by atoms with Crippen molar-refractivity contribution in [2.75, 3.05) is 11.9 Å². The molecule has 19 heavy (non-hydrogen) atoms. The smallest absolute Gasteiger partial charge is 0.413 e. The lowest BCUT2D eigenvalue weighted by atomic mass is 10.2. The minimum atomic E-state index is -1.01. The first-order valence-electron chi connectivity index (χ1n) is 6.10. The number of nitrogens with zero attached hydrogens (tertiary/aromatic N) is 2. The molecule has 0 aliphatic carbocycles. The molecule has 0 spiro atoms. The first-order valence-corrected chi connectivity index (χ1v) is 6.87. The van der Waals surface area contributed by atoms with Gasteiger partial charge in [-0.3, -0.25) is 10.1 Å². The third kappa shape index (κ3) is 6.70. The lowest BCUT2D eigenvalue weighted by Crippen LogP contribution is -2.14. The van der Waals surface area contributed by atoms with Crippen LogP contribution >= 0.6 is 11.5 Å². The van der Waals surface area contributed by atoms with Crippen LogP contribution in [0.3, 0.4) is 0 Å². The summed E-state index contributed by atoms with van der Waals surface area (Å²) in [7, 11) is 0. The Hall–Kier alpha value is -1.70. The standard InChI is InChI=1S/C11H17N3O4S/c1-2-3-4-5-6-18-11(17)13-10-12-8(14-19-10)7-9(15)16/h2-7H2,1H3,(H,15,16)(H,12,13,14,17). The molecular formula is C11H17N3O4S. The maximum absolute atomic E-state index is 11.4. The molecule has 8 heteroatoms. The van der Waals surface area contributed by atoms with Gasteiger partial charge in [0.1, 0.15) is 6.42 Å². The van der Waals surface area contributed by atoms with Crippen LogP contribution in [0.25, 0.3) is 0 Å². The number of ether oxygens (including phenoxy) is 1. The van der Waals surface area contributed by atoms with Gasteiger partial charge in [-0.2, -0.15) is 4.37 Å². The second-order valence-electron chi connectivity index (χ2n) is 3.91. The van der Waals surface area contributed by atoms with Crippen LogP contribution in [0.1, 0.15) is 38.4 Å². The highest BCUT2D eigenvalue weighted by Gasteiger charge is 2.10. The van der Waals surface area contributed by atoms with Gasteiger partial charge in [0, 0.05) is 11.5 Å². The van der Waals surface area contributed by atoms with Crippen LogP contribution in [0.4, 0.5) is 9.93 Å². The maximum Gasteiger partial charge on any atom is 0.413 e. The fraction of sp³-hybridized carbons (Fsp3) is 0.636. The first-order chi connectivity index (χ1) is 9.11. The number of aliphatic carboxylic acids is 1. The zero-order valence-electron chi connectivity index (χ0n) is 10.7. The summed E-state index contributed by atoms with van der Waals surface area (Å²) in [5.41, 5.74) is 0. The molecule has 0 bridgehead atoms. The van der Waals surface area contributed by atoms with E-state index in [-0.39, 0.29) is 17.4 Å². The number of hydrogen-bond donors (Lipinski definition) is 2. The molecule has 0 aliphatic heterocycles. The van der Waals surface area contributed by atoms with Crippen molar-refractivity contribution in [3.05, 3.63) is 5.82 Å². The molecule has 0 atom stereocenters. The quantitative estimate of drug-likeness (QED) is 0.711. The number of carboxylic acid groups (broad SMARTS) is 1. The van der Waals surface area contributed by atoms with Gasteiger partial charge < -0.3 is 9.84 Å². The molecule has 0 radical (unpaired) electrons. The van der Waals surface area contributed by atoms with E-state index in [1.54, 1.807) is 0 Å². The van der Waals surface area contributed by atoms with Crippen molar-refractivity contribution >= 4 is 28.7 Å². The predicted octanol–water partition coefficient (Wildman–Crippen LogP) is 2.29. The van der Waals surface area contributed by atoms with E-state index in [0.29, 0.717) is 6.61 Å². The summed E-state index contributed by atoms with van der Waals surface area (Å²) >= 11 is 0.931. The van der Waals surface area contributed by atoms with Crippen LogP contribution in [0.2, 0.25) is 0 Å². The number of anilines is 1. The molecule has 0 aliphatic rings. The van der Waals surface area contributed by atoms with Crippen molar-refractivity contribution in [1.82, 2.24) is 9.36 Å².